The molecule has 0 spiro atoms. The average Bonchev–Trinajstić information content (AvgIpc) is 2.49. The smallest absolute Gasteiger partial charge is 0.270 e. The van der Waals surface area contributed by atoms with Crippen molar-refractivity contribution in [2.45, 2.75) is 33.2 Å². The molecule has 0 radical (unpaired) electrons. The van der Waals surface area contributed by atoms with Crippen LogP contribution in [0.1, 0.15) is 36.6 Å². The number of halogens is 1. The zero-order valence-electron chi connectivity index (χ0n) is 12.9. The minimum atomic E-state index is -0.182. The highest BCUT2D eigenvalue weighted by Crippen LogP contribution is 2.18. The SMILES string of the molecule is CCC(C)NC(=O)c1cc(Nc2ccc(Br)cc2)nc(C)n1. The molecular weight excluding hydrogens is 344 g/mol. The third-order valence-electron chi connectivity index (χ3n) is 3.18. The Bertz CT molecular complexity index is 658. The molecule has 0 aliphatic heterocycles. The molecule has 0 bridgehead atoms. The molecule has 22 heavy (non-hydrogen) atoms. The Morgan fingerprint density at radius 2 is 1.95 bits per heavy atom. The maximum absolute atomic E-state index is 12.2. The van der Waals surface area contributed by atoms with E-state index in [1.165, 1.54) is 0 Å². The standard InChI is InChI=1S/C16H19BrN4O/c1-4-10(2)18-16(22)14-9-15(20-11(3)19-14)21-13-7-5-12(17)6-8-13/h5-10H,4H2,1-3H3,(H,18,22)(H,19,20,21). The summed E-state index contributed by atoms with van der Waals surface area (Å²) in [7, 11) is 0. The molecule has 1 heterocycles. The summed E-state index contributed by atoms with van der Waals surface area (Å²) in [4.78, 5) is 20.7. The molecule has 0 saturated carbocycles. The molecule has 2 N–H and O–H groups in total. The van der Waals surface area contributed by atoms with Gasteiger partial charge in [-0.15, -0.1) is 0 Å². The molecule has 1 amide bonds. The number of aryl methyl sites for hydroxylation is 1. The molecule has 1 atom stereocenters. The predicted molar refractivity (Wildman–Crippen MR) is 91.4 cm³/mol. The van der Waals surface area contributed by atoms with E-state index in [0.29, 0.717) is 17.3 Å². The van der Waals surface area contributed by atoms with Gasteiger partial charge in [0.05, 0.1) is 0 Å². The van der Waals surface area contributed by atoms with Gasteiger partial charge in [-0.2, -0.15) is 0 Å². The van der Waals surface area contributed by atoms with Crippen LogP contribution in [0.5, 0.6) is 0 Å². The summed E-state index contributed by atoms with van der Waals surface area (Å²) in [5.74, 6) is 0.972. The van der Waals surface area contributed by atoms with Crippen LogP contribution in [0.4, 0.5) is 11.5 Å². The second-order valence-electron chi connectivity index (χ2n) is 5.10. The molecule has 5 nitrogen and oxygen atoms in total. The highest BCUT2D eigenvalue weighted by atomic mass is 79.9. The first-order chi connectivity index (χ1) is 10.5. The summed E-state index contributed by atoms with van der Waals surface area (Å²) in [6.07, 6.45) is 0.875. The number of carbonyl (C=O) groups excluding carboxylic acids is 1. The quantitative estimate of drug-likeness (QED) is 0.848. The number of hydrogen-bond acceptors (Lipinski definition) is 4. The number of anilines is 2. The van der Waals surface area contributed by atoms with Gasteiger partial charge in [-0.05, 0) is 44.5 Å². The summed E-state index contributed by atoms with van der Waals surface area (Å²) in [6.45, 7) is 5.76. The maximum Gasteiger partial charge on any atom is 0.270 e. The largest absolute Gasteiger partial charge is 0.348 e. The van der Waals surface area contributed by atoms with Crippen LogP contribution in [0.2, 0.25) is 0 Å². The number of carbonyl (C=O) groups is 1. The van der Waals surface area contributed by atoms with Crippen LogP contribution >= 0.6 is 15.9 Å². The molecule has 0 fully saturated rings. The van der Waals surface area contributed by atoms with Crippen molar-refractivity contribution >= 4 is 33.3 Å². The molecule has 0 saturated heterocycles. The number of nitrogens with one attached hydrogen (secondary N) is 2. The van der Waals surface area contributed by atoms with Crippen molar-refractivity contribution in [2.75, 3.05) is 5.32 Å². The summed E-state index contributed by atoms with van der Waals surface area (Å²) in [6, 6.07) is 9.51. The Hall–Kier alpha value is -1.95. The summed E-state index contributed by atoms with van der Waals surface area (Å²) in [5.41, 5.74) is 1.27. The number of aromatic nitrogens is 2. The lowest BCUT2D eigenvalue weighted by atomic mass is 10.2. The van der Waals surface area contributed by atoms with Gasteiger partial charge in [0, 0.05) is 22.3 Å². The van der Waals surface area contributed by atoms with Gasteiger partial charge in [-0.1, -0.05) is 22.9 Å². The highest BCUT2D eigenvalue weighted by molar-refractivity contribution is 9.10. The lowest BCUT2D eigenvalue weighted by molar-refractivity contribution is 0.0934. The lowest BCUT2D eigenvalue weighted by Gasteiger charge is -2.12. The van der Waals surface area contributed by atoms with Crippen LogP contribution < -0.4 is 10.6 Å². The zero-order chi connectivity index (χ0) is 16.1. The van der Waals surface area contributed by atoms with Crippen LogP contribution in [0.15, 0.2) is 34.8 Å². The Labute approximate surface area is 138 Å². The lowest BCUT2D eigenvalue weighted by Crippen LogP contribution is -2.32. The molecule has 0 aliphatic carbocycles. The van der Waals surface area contributed by atoms with E-state index in [1.54, 1.807) is 13.0 Å². The Balaban J connectivity index is 2.19. The minimum Gasteiger partial charge on any atom is -0.348 e. The van der Waals surface area contributed by atoms with E-state index in [4.69, 9.17) is 0 Å². The van der Waals surface area contributed by atoms with Crippen molar-refractivity contribution in [1.82, 2.24) is 15.3 Å². The van der Waals surface area contributed by atoms with E-state index in [2.05, 4.69) is 36.5 Å². The van der Waals surface area contributed by atoms with Gasteiger partial charge in [-0.25, -0.2) is 9.97 Å². The van der Waals surface area contributed by atoms with Gasteiger partial charge in [-0.3, -0.25) is 4.79 Å². The Morgan fingerprint density at radius 1 is 1.27 bits per heavy atom. The average molecular weight is 363 g/mol. The summed E-state index contributed by atoms with van der Waals surface area (Å²) >= 11 is 3.40. The van der Waals surface area contributed by atoms with E-state index < -0.39 is 0 Å². The van der Waals surface area contributed by atoms with Gasteiger partial charge >= 0.3 is 0 Å². The summed E-state index contributed by atoms with van der Waals surface area (Å²) in [5, 5.41) is 6.09. The Morgan fingerprint density at radius 3 is 2.59 bits per heavy atom. The van der Waals surface area contributed by atoms with E-state index in [9.17, 15) is 4.79 Å². The number of amides is 1. The highest BCUT2D eigenvalue weighted by Gasteiger charge is 2.12. The van der Waals surface area contributed by atoms with Crippen LogP contribution in [-0.4, -0.2) is 21.9 Å². The first-order valence-electron chi connectivity index (χ1n) is 7.17. The van der Waals surface area contributed by atoms with Gasteiger partial charge < -0.3 is 10.6 Å². The normalized spacial score (nSPS) is 11.8. The maximum atomic E-state index is 12.2. The second kappa shape index (κ2) is 7.35. The van der Waals surface area contributed by atoms with Gasteiger partial charge in [0.15, 0.2) is 0 Å². The number of nitrogens with zero attached hydrogens (tertiary/aromatic N) is 2. The monoisotopic (exact) mass is 362 g/mol. The number of rotatable bonds is 5. The predicted octanol–water partition coefficient (Wildman–Crippen LogP) is 3.82. The molecular formula is C16H19BrN4O. The molecule has 2 aromatic rings. The van der Waals surface area contributed by atoms with Crippen molar-refractivity contribution in [3.05, 3.63) is 46.3 Å². The fourth-order valence-electron chi connectivity index (χ4n) is 1.83. The van der Waals surface area contributed by atoms with Crippen LogP contribution in [-0.2, 0) is 0 Å². The van der Waals surface area contributed by atoms with Crippen molar-refractivity contribution < 1.29 is 4.79 Å². The fourth-order valence-corrected chi connectivity index (χ4v) is 2.09. The van der Waals surface area contributed by atoms with Crippen molar-refractivity contribution in [1.29, 1.82) is 0 Å². The summed E-state index contributed by atoms with van der Waals surface area (Å²) < 4.78 is 1.01. The minimum absolute atomic E-state index is 0.116. The van der Waals surface area contributed by atoms with Crippen molar-refractivity contribution in [2.24, 2.45) is 0 Å². The number of benzene rings is 1. The van der Waals surface area contributed by atoms with Gasteiger partial charge in [0.25, 0.3) is 5.91 Å². The van der Waals surface area contributed by atoms with Crippen LogP contribution in [0.25, 0.3) is 0 Å². The number of hydrogen-bond donors (Lipinski definition) is 2. The van der Waals surface area contributed by atoms with E-state index in [1.807, 2.05) is 38.1 Å². The molecule has 6 heteroatoms. The molecule has 1 unspecified atom stereocenters. The first-order valence-corrected chi connectivity index (χ1v) is 7.96. The molecule has 1 aromatic heterocycles. The van der Waals surface area contributed by atoms with Crippen molar-refractivity contribution in [3.63, 3.8) is 0 Å². The second-order valence-corrected chi connectivity index (χ2v) is 6.02. The van der Waals surface area contributed by atoms with Crippen LogP contribution in [0, 0.1) is 6.92 Å². The molecule has 0 aliphatic rings. The topological polar surface area (TPSA) is 66.9 Å². The van der Waals surface area contributed by atoms with E-state index in [0.717, 1.165) is 16.6 Å². The first kappa shape index (κ1) is 16.4. The molecule has 116 valence electrons. The molecule has 2 rings (SSSR count). The Kier molecular flexibility index (Phi) is 5.49. The fraction of sp³-hybridized carbons (Fsp3) is 0.312. The zero-order valence-corrected chi connectivity index (χ0v) is 14.4. The van der Waals surface area contributed by atoms with Gasteiger partial charge in [0.1, 0.15) is 17.3 Å². The van der Waals surface area contributed by atoms with Gasteiger partial charge in [0.2, 0.25) is 0 Å². The molecule has 1 aromatic carbocycles. The van der Waals surface area contributed by atoms with E-state index in [-0.39, 0.29) is 11.9 Å². The van der Waals surface area contributed by atoms with Crippen LogP contribution in [0.3, 0.4) is 0 Å². The third-order valence-corrected chi connectivity index (χ3v) is 3.71. The third kappa shape index (κ3) is 4.53. The van der Waals surface area contributed by atoms with E-state index >= 15 is 0 Å². The van der Waals surface area contributed by atoms with Crippen molar-refractivity contribution in [3.8, 4) is 0 Å².